The van der Waals surface area contributed by atoms with Gasteiger partial charge in [0.15, 0.2) is 26.6 Å². The monoisotopic (exact) mass is 537 g/mol. The van der Waals surface area contributed by atoms with Crippen molar-refractivity contribution in [2.75, 3.05) is 13.7 Å². The molecular weight excluding hydrogens is 498 g/mol. The molecule has 3 unspecified atom stereocenters. The van der Waals surface area contributed by atoms with Crippen LogP contribution in [0.15, 0.2) is 29.3 Å². The Morgan fingerprint density at radius 1 is 0.946 bits per heavy atom. The van der Waals surface area contributed by atoms with Gasteiger partial charge in [0.1, 0.15) is 11.9 Å². The van der Waals surface area contributed by atoms with Gasteiger partial charge in [0.05, 0.1) is 13.7 Å². The highest BCUT2D eigenvalue weighted by molar-refractivity contribution is 6.74. The number of methoxy groups -OCH3 is 1. The molecule has 2 rings (SSSR count). The number of benzene rings is 1. The van der Waals surface area contributed by atoms with Crippen molar-refractivity contribution in [3.63, 3.8) is 0 Å². The topological polar surface area (TPSA) is 119 Å². The van der Waals surface area contributed by atoms with Crippen molar-refractivity contribution in [2.45, 2.75) is 90.3 Å². The van der Waals surface area contributed by atoms with Crippen molar-refractivity contribution in [3.05, 3.63) is 29.8 Å². The summed E-state index contributed by atoms with van der Waals surface area (Å²) in [5.41, 5.74) is 0.719. The summed E-state index contributed by atoms with van der Waals surface area (Å²) in [5, 5.41) is -0.0889. The Morgan fingerprint density at radius 2 is 1.49 bits per heavy atom. The molecule has 0 aromatic heterocycles. The largest absolute Gasteiger partial charge is 0.497 e. The molecule has 0 spiro atoms. The summed E-state index contributed by atoms with van der Waals surface area (Å²) in [4.78, 5) is 40.7. The van der Waals surface area contributed by atoms with Crippen LogP contribution in [0.2, 0.25) is 18.1 Å². The number of aliphatic imine (C=N–C) groups is 1. The third-order valence-corrected chi connectivity index (χ3v) is 10.9. The summed E-state index contributed by atoms with van der Waals surface area (Å²) in [7, 11) is -0.661. The third kappa shape index (κ3) is 8.65. The van der Waals surface area contributed by atoms with Crippen molar-refractivity contribution in [1.82, 2.24) is 0 Å². The molecule has 11 heteroatoms. The molecule has 1 saturated heterocycles. The lowest BCUT2D eigenvalue weighted by Gasteiger charge is -2.44. The van der Waals surface area contributed by atoms with Gasteiger partial charge in [-0.3, -0.25) is 19.4 Å². The van der Waals surface area contributed by atoms with E-state index < -0.39 is 56.9 Å². The van der Waals surface area contributed by atoms with Crippen LogP contribution in [0.3, 0.4) is 0 Å². The zero-order valence-corrected chi connectivity index (χ0v) is 24.1. The summed E-state index contributed by atoms with van der Waals surface area (Å²) >= 11 is 0. The van der Waals surface area contributed by atoms with Crippen LogP contribution in [0.1, 0.15) is 47.1 Å². The average Bonchev–Trinajstić information content (AvgIpc) is 2.77. The van der Waals surface area contributed by atoms with E-state index in [1.54, 1.807) is 31.4 Å². The SMILES string of the molecule is COc1ccc(C=NC2C(OC(C)=O)[C@H](OC(C)=O)C(CO[Si](C)(C)C(C)(C)C)O[C@H]2OC(C)=O)cc1. The Kier molecular flexibility index (Phi) is 10.4. The molecule has 1 aliphatic heterocycles. The molecule has 0 saturated carbocycles. The molecule has 10 nitrogen and oxygen atoms in total. The summed E-state index contributed by atoms with van der Waals surface area (Å²) < 4.78 is 34.3. The van der Waals surface area contributed by atoms with Gasteiger partial charge in [-0.2, -0.15) is 0 Å². The number of ether oxygens (including phenoxy) is 5. The van der Waals surface area contributed by atoms with Gasteiger partial charge in [-0.25, -0.2) is 0 Å². The van der Waals surface area contributed by atoms with Crippen LogP contribution in [0.25, 0.3) is 0 Å². The van der Waals surface area contributed by atoms with E-state index in [4.69, 9.17) is 28.1 Å². The van der Waals surface area contributed by atoms with E-state index in [1.807, 2.05) is 0 Å². The molecule has 37 heavy (non-hydrogen) atoms. The molecule has 206 valence electrons. The minimum absolute atomic E-state index is 0.0406. The van der Waals surface area contributed by atoms with Gasteiger partial charge < -0.3 is 28.1 Å². The fraction of sp³-hybridized carbons (Fsp3) is 0.615. The fourth-order valence-electron chi connectivity index (χ4n) is 3.47. The normalized spacial score (nSPS) is 24.4. The second-order valence-electron chi connectivity index (χ2n) is 10.4. The van der Waals surface area contributed by atoms with Crippen LogP contribution in [0.4, 0.5) is 0 Å². The van der Waals surface area contributed by atoms with Crippen LogP contribution in [0.5, 0.6) is 5.75 Å². The summed E-state index contributed by atoms with van der Waals surface area (Å²) in [6.07, 6.45) is -2.69. The maximum atomic E-state index is 12.1. The van der Waals surface area contributed by atoms with Crippen LogP contribution in [0, 0.1) is 0 Å². The van der Waals surface area contributed by atoms with Gasteiger partial charge in [0.2, 0.25) is 6.29 Å². The molecule has 0 radical (unpaired) electrons. The molecule has 1 aromatic rings. The van der Waals surface area contributed by atoms with Gasteiger partial charge in [0, 0.05) is 27.0 Å². The number of hydrogen-bond donors (Lipinski definition) is 0. The average molecular weight is 538 g/mol. The third-order valence-electron chi connectivity index (χ3n) is 6.43. The van der Waals surface area contributed by atoms with Crippen molar-refractivity contribution in [3.8, 4) is 5.75 Å². The van der Waals surface area contributed by atoms with E-state index >= 15 is 0 Å². The predicted molar refractivity (Wildman–Crippen MR) is 139 cm³/mol. The Hall–Kier alpha value is -2.76. The number of carbonyl (C=O) groups is 3. The highest BCUT2D eigenvalue weighted by Crippen LogP contribution is 2.38. The van der Waals surface area contributed by atoms with Crippen molar-refractivity contribution >= 4 is 32.4 Å². The Morgan fingerprint density at radius 3 is 1.97 bits per heavy atom. The van der Waals surface area contributed by atoms with E-state index in [0.29, 0.717) is 5.75 Å². The second kappa shape index (κ2) is 12.7. The number of carbonyl (C=O) groups excluding carboxylic acids is 3. The number of esters is 3. The van der Waals surface area contributed by atoms with E-state index in [2.05, 4.69) is 38.9 Å². The maximum absolute atomic E-state index is 12.1. The molecule has 5 atom stereocenters. The van der Waals surface area contributed by atoms with Crippen molar-refractivity contribution < 1.29 is 42.5 Å². The lowest BCUT2D eigenvalue weighted by molar-refractivity contribution is -0.264. The standard InChI is InChI=1S/C26H39NO9Si/c1-16(28)33-23-21(15-32-37(8,9)26(4,5)6)36-25(35-18(3)30)22(24(23)34-17(2)29)27-14-19-10-12-20(31-7)13-11-19/h10-14,21-25H,15H2,1-9H3/t21?,22?,23-,24?,25-/m1/s1. The minimum Gasteiger partial charge on any atom is -0.497 e. The predicted octanol–water partition coefficient (Wildman–Crippen LogP) is 3.66. The molecule has 0 N–H and O–H groups in total. The zero-order chi connectivity index (χ0) is 28.0. The molecule has 0 bridgehead atoms. The van der Waals surface area contributed by atoms with Gasteiger partial charge >= 0.3 is 17.9 Å². The van der Waals surface area contributed by atoms with E-state index in [1.165, 1.54) is 27.0 Å². The first kappa shape index (κ1) is 30.5. The van der Waals surface area contributed by atoms with E-state index in [9.17, 15) is 14.4 Å². The van der Waals surface area contributed by atoms with Crippen LogP contribution in [-0.4, -0.2) is 76.8 Å². The maximum Gasteiger partial charge on any atom is 0.305 e. The highest BCUT2D eigenvalue weighted by atomic mass is 28.4. The summed E-state index contributed by atoms with van der Waals surface area (Å²) in [6, 6.07) is 6.09. The summed E-state index contributed by atoms with van der Waals surface area (Å²) in [5.74, 6) is -1.13. The Bertz CT molecular complexity index is 971. The number of rotatable bonds is 9. The number of hydrogen-bond acceptors (Lipinski definition) is 10. The van der Waals surface area contributed by atoms with Crippen LogP contribution in [-0.2, 0) is 37.8 Å². The second-order valence-corrected chi connectivity index (χ2v) is 15.2. The molecule has 1 aliphatic rings. The summed E-state index contributed by atoms with van der Waals surface area (Å²) in [6.45, 7) is 14.2. The highest BCUT2D eigenvalue weighted by Gasteiger charge is 2.52. The first-order chi connectivity index (χ1) is 17.1. The zero-order valence-electron chi connectivity index (χ0n) is 23.1. The lowest BCUT2D eigenvalue weighted by Crippen LogP contribution is -2.62. The minimum atomic E-state index is -2.23. The number of nitrogens with zero attached hydrogens (tertiary/aromatic N) is 1. The molecule has 1 aromatic carbocycles. The van der Waals surface area contributed by atoms with Gasteiger partial charge in [-0.1, -0.05) is 20.8 Å². The van der Waals surface area contributed by atoms with E-state index in [-0.39, 0.29) is 11.6 Å². The van der Waals surface area contributed by atoms with E-state index in [0.717, 1.165) is 5.56 Å². The smallest absolute Gasteiger partial charge is 0.305 e. The van der Waals surface area contributed by atoms with Crippen molar-refractivity contribution in [1.29, 1.82) is 0 Å². The quantitative estimate of drug-likeness (QED) is 0.201. The Labute approximate surface area is 219 Å². The van der Waals surface area contributed by atoms with Crippen molar-refractivity contribution in [2.24, 2.45) is 4.99 Å². The molecule has 1 fully saturated rings. The van der Waals surface area contributed by atoms with Gasteiger partial charge in [-0.15, -0.1) is 0 Å². The first-order valence-electron chi connectivity index (χ1n) is 12.1. The fourth-order valence-corrected chi connectivity index (χ4v) is 4.49. The molecular formula is C26H39NO9Si. The van der Waals surface area contributed by atoms with Crippen LogP contribution >= 0.6 is 0 Å². The molecule has 0 aliphatic carbocycles. The lowest BCUT2D eigenvalue weighted by atomic mass is 9.96. The van der Waals surface area contributed by atoms with Gasteiger partial charge in [0.25, 0.3) is 0 Å². The van der Waals surface area contributed by atoms with Crippen LogP contribution < -0.4 is 4.74 Å². The van der Waals surface area contributed by atoms with Gasteiger partial charge in [-0.05, 0) is 48.0 Å². The Balaban J connectivity index is 2.47. The molecule has 0 amide bonds. The molecule has 1 heterocycles. The first-order valence-corrected chi connectivity index (χ1v) is 15.0.